The minimum atomic E-state index is -0.942. The first-order chi connectivity index (χ1) is 15.5. The molecule has 0 spiro atoms. The molecule has 0 radical (unpaired) electrons. The highest BCUT2D eigenvalue weighted by Gasteiger charge is 2.20. The van der Waals surface area contributed by atoms with Crippen molar-refractivity contribution in [1.29, 1.82) is 0 Å². The number of nitrogens with zero attached hydrogens (tertiary/aromatic N) is 3. The minimum absolute atomic E-state index is 0.230. The van der Waals surface area contributed by atoms with E-state index in [0.29, 0.717) is 29.5 Å². The molecule has 1 unspecified atom stereocenters. The number of carbonyl (C=O) groups excluding carboxylic acids is 1. The first kappa shape index (κ1) is 22.4. The average Bonchev–Trinajstić information content (AvgIpc) is 3.38. The van der Waals surface area contributed by atoms with Gasteiger partial charge in [0.15, 0.2) is 21.9 Å². The van der Waals surface area contributed by atoms with Gasteiger partial charge < -0.3 is 14.6 Å². The molecule has 0 aliphatic carbocycles. The van der Waals surface area contributed by atoms with Gasteiger partial charge in [0.1, 0.15) is 0 Å². The van der Waals surface area contributed by atoms with E-state index in [9.17, 15) is 13.6 Å². The lowest BCUT2D eigenvalue weighted by atomic mass is 10.2. The van der Waals surface area contributed by atoms with Crippen LogP contribution in [-0.2, 0) is 16.1 Å². The van der Waals surface area contributed by atoms with E-state index in [4.69, 9.17) is 4.74 Å². The van der Waals surface area contributed by atoms with Gasteiger partial charge in [-0.1, -0.05) is 23.9 Å². The second-order valence-electron chi connectivity index (χ2n) is 6.94. The third kappa shape index (κ3) is 4.82. The van der Waals surface area contributed by atoms with Crippen LogP contribution in [0.1, 0.15) is 6.92 Å². The molecule has 0 saturated heterocycles. The zero-order chi connectivity index (χ0) is 22.7. The summed E-state index contributed by atoms with van der Waals surface area (Å²) in [6.07, 6.45) is 0. The number of benzene rings is 2. The number of thiazole rings is 1. The number of amides is 1. The third-order valence-electron chi connectivity index (χ3n) is 4.74. The predicted octanol–water partition coefficient (Wildman–Crippen LogP) is 5.20. The van der Waals surface area contributed by atoms with Gasteiger partial charge in [0.05, 0.1) is 28.6 Å². The first-order valence-electron chi connectivity index (χ1n) is 9.79. The molecule has 4 rings (SSSR count). The maximum Gasteiger partial charge on any atom is 0.239 e. The molecular weight excluding hydrogens is 454 g/mol. The Labute approximate surface area is 191 Å². The van der Waals surface area contributed by atoms with Crippen molar-refractivity contribution >= 4 is 45.2 Å². The monoisotopic (exact) mass is 474 g/mol. The molecule has 1 atom stereocenters. The fourth-order valence-corrected chi connectivity index (χ4v) is 4.75. The molecule has 0 aliphatic rings. The normalized spacial score (nSPS) is 12.2. The lowest BCUT2D eigenvalue weighted by Gasteiger charge is -2.12. The van der Waals surface area contributed by atoms with Crippen LogP contribution in [0.5, 0.6) is 0 Å². The van der Waals surface area contributed by atoms with Crippen molar-refractivity contribution in [3.8, 4) is 11.3 Å². The molecule has 1 N–H and O–H groups in total. The highest BCUT2D eigenvalue weighted by molar-refractivity contribution is 8.00. The molecule has 10 heteroatoms. The number of anilines is 1. The van der Waals surface area contributed by atoms with E-state index in [1.165, 1.54) is 29.2 Å². The summed E-state index contributed by atoms with van der Waals surface area (Å²) >= 11 is 2.57. The lowest BCUT2D eigenvalue weighted by Crippen LogP contribution is -2.23. The van der Waals surface area contributed by atoms with Crippen LogP contribution >= 0.6 is 23.1 Å². The summed E-state index contributed by atoms with van der Waals surface area (Å²) in [4.78, 5) is 21.8. The van der Waals surface area contributed by atoms with Crippen molar-refractivity contribution in [2.75, 3.05) is 19.0 Å². The van der Waals surface area contributed by atoms with E-state index in [2.05, 4.69) is 15.3 Å². The van der Waals surface area contributed by atoms with Gasteiger partial charge in [-0.3, -0.25) is 4.79 Å². The van der Waals surface area contributed by atoms with Gasteiger partial charge in [0.2, 0.25) is 5.91 Å². The van der Waals surface area contributed by atoms with Crippen LogP contribution in [0.25, 0.3) is 22.3 Å². The van der Waals surface area contributed by atoms with E-state index < -0.39 is 16.9 Å². The molecule has 0 aliphatic heterocycles. The molecule has 0 fully saturated rings. The molecule has 166 valence electrons. The standard InChI is InChI=1S/C22H20F2N4O2S2/c1-13(32-22-26-17-5-3-4-6-19(17)28(22)9-10-30-2)20(29)27-21-25-18(12-31-21)14-7-8-15(23)16(24)11-14/h3-8,11-13H,9-10H2,1-2H3,(H,25,27,29). The zero-order valence-electron chi connectivity index (χ0n) is 17.3. The van der Waals surface area contributed by atoms with Crippen molar-refractivity contribution in [2.24, 2.45) is 0 Å². The number of fused-ring (bicyclic) bond motifs is 1. The summed E-state index contributed by atoms with van der Waals surface area (Å²) < 4.78 is 33.9. The maximum atomic E-state index is 13.5. The van der Waals surface area contributed by atoms with Gasteiger partial charge in [0, 0.05) is 24.6 Å². The number of rotatable bonds is 8. The number of hydrogen-bond acceptors (Lipinski definition) is 6. The van der Waals surface area contributed by atoms with Crippen LogP contribution in [0.4, 0.5) is 13.9 Å². The molecule has 2 aromatic heterocycles. The van der Waals surface area contributed by atoms with Crippen LogP contribution in [0.2, 0.25) is 0 Å². The van der Waals surface area contributed by atoms with Gasteiger partial charge in [-0.15, -0.1) is 11.3 Å². The van der Waals surface area contributed by atoms with Crippen LogP contribution < -0.4 is 5.32 Å². The third-order valence-corrected chi connectivity index (χ3v) is 6.59. The van der Waals surface area contributed by atoms with Gasteiger partial charge in [-0.05, 0) is 37.3 Å². The summed E-state index contributed by atoms with van der Waals surface area (Å²) in [6.45, 7) is 2.95. The molecule has 0 saturated carbocycles. The SMILES string of the molecule is COCCn1c(SC(C)C(=O)Nc2nc(-c3ccc(F)c(F)c3)cs2)nc2ccccc21. The average molecular weight is 475 g/mol. The first-order valence-corrected chi connectivity index (χ1v) is 11.5. The number of hydrogen-bond donors (Lipinski definition) is 1. The van der Waals surface area contributed by atoms with Crippen molar-refractivity contribution in [2.45, 2.75) is 23.9 Å². The number of imidazole rings is 1. The molecule has 1 amide bonds. The molecule has 2 heterocycles. The molecule has 4 aromatic rings. The van der Waals surface area contributed by atoms with Crippen LogP contribution in [0, 0.1) is 11.6 Å². The fraction of sp³-hybridized carbons (Fsp3) is 0.227. The van der Waals surface area contributed by atoms with Crippen LogP contribution in [0.3, 0.4) is 0 Å². The van der Waals surface area contributed by atoms with Crippen molar-refractivity contribution < 1.29 is 18.3 Å². The summed E-state index contributed by atoms with van der Waals surface area (Å²) in [5, 5.41) is 5.15. The Bertz CT molecular complexity index is 1260. The number of ether oxygens (including phenoxy) is 1. The molecule has 0 bridgehead atoms. The highest BCUT2D eigenvalue weighted by Crippen LogP contribution is 2.30. The summed E-state index contributed by atoms with van der Waals surface area (Å²) in [5.41, 5.74) is 2.74. The van der Waals surface area contributed by atoms with Gasteiger partial charge in [-0.2, -0.15) is 0 Å². The second-order valence-corrected chi connectivity index (χ2v) is 9.11. The Kier molecular flexibility index (Phi) is 6.83. The number of methoxy groups -OCH3 is 1. The molecular formula is C22H20F2N4O2S2. The van der Waals surface area contributed by atoms with Crippen LogP contribution in [0.15, 0.2) is 53.0 Å². The number of carbonyl (C=O) groups is 1. The Morgan fingerprint density at radius 1 is 1.22 bits per heavy atom. The van der Waals surface area contributed by atoms with Gasteiger partial charge >= 0.3 is 0 Å². The Morgan fingerprint density at radius 2 is 2.03 bits per heavy atom. The Balaban J connectivity index is 1.47. The predicted molar refractivity (Wildman–Crippen MR) is 123 cm³/mol. The second kappa shape index (κ2) is 9.76. The topological polar surface area (TPSA) is 69.0 Å². The van der Waals surface area contributed by atoms with E-state index >= 15 is 0 Å². The van der Waals surface area contributed by atoms with Crippen molar-refractivity contribution in [3.63, 3.8) is 0 Å². The van der Waals surface area contributed by atoms with Crippen molar-refractivity contribution in [1.82, 2.24) is 14.5 Å². The van der Waals surface area contributed by atoms with E-state index in [0.717, 1.165) is 28.3 Å². The smallest absolute Gasteiger partial charge is 0.239 e. The number of para-hydroxylation sites is 2. The quantitative estimate of drug-likeness (QED) is 0.355. The van der Waals surface area contributed by atoms with E-state index in [1.54, 1.807) is 19.4 Å². The largest absolute Gasteiger partial charge is 0.383 e. The van der Waals surface area contributed by atoms with E-state index in [1.807, 2.05) is 28.8 Å². The number of aromatic nitrogens is 3. The highest BCUT2D eigenvalue weighted by atomic mass is 32.2. The zero-order valence-corrected chi connectivity index (χ0v) is 19.0. The Morgan fingerprint density at radius 3 is 2.81 bits per heavy atom. The fourth-order valence-electron chi connectivity index (χ4n) is 3.08. The summed E-state index contributed by atoms with van der Waals surface area (Å²) in [7, 11) is 1.64. The number of thioether (sulfide) groups is 1. The molecule has 2 aromatic carbocycles. The van der Waals surface area contributed by atoms with Crippen molar-refractivity contribution in [3.05, 3.63) is 59.5 Å². The minimum Gasteiger partial charge on any atom is -0.383 e. The van der Waals surface area contributed by atoms with Crippen LogP contribution in [-0.4, -0.2) is 39.4 Å². The molecule has 32 heavy (non-hydrogen) atoms. The van der Waals surface area contributed by atoms with Gasteiger partial charge in [-0.25, -0.2) is 18.7 Å². The number of nitrogens with one attached hydrogen (secondary N) is 1. The molecule has 6 nitrogen and oxygen atoms in total. The van der Waals surface area contributed by atoms with E-state index in [-0.39, 0.29) is 5.91 Å². The lowest BCUT2D eigenvalue weighted by molar-refractivity contribution is -0.115. The Hall–Kier alpha value is -2.82. The van der Waals surface area contributed by atoms with Gasteiger partial charge in [0.25, 0.3) is 0 Å². The summed E-state index contributed by atoms with van der Waals surface area (Å²) in [5.74, 6) is -2.09. The summed E-state index contributed by atoms with van der Waals surface area (Å²) in [6, 6.07) is 11.4. The number of halogens is 2. The maximum absolute atomic E-state index is 13.5.